The number of allylic oxidation sites excluding steroid dienone is 4. The second-order valence-corrected chi connectivity index (χ2v) is 4.23. The third-order valence-electron chi connectivity index (χ3n) is 3.61. The van der Waals surface area contributed by atoms with Gasteiger partial charge in [-0.2, -0.15) is 0 Å². The van der Waals surface area contributed by atoms with Gasteiger partial charge in [0.25, 0.3) is 0 Å². The van der Waals surface area contributed by atoms with Crippen LogP contribution in [0.2, 0.25) is 0 Å². The smallest absolute Gasteiger partial charge is 0.0352 e. The summed E-state index contributed by atoms with van der Waals surface area (Å²) in [6, 6.07) is 0. The SMILES string of the molecule is CC1=C(C)C(C)(CCl)C(C)=C1C. The minimum absolute atomic E-state index is 0.121. The van der Waals surface area contributed by atoms with Gasteiger partial charge in [-0.3, -0.25) is 0 Å². The Morgan fingerprint density at radius 3 is 1.50 bits per heavy atom. The van der Waals surface area contributed by atoms with Crippen molar-refractivity contribution in [2.45, 2.75) is 34.6 Å². The molecule has 0 radical (unpaired) electrons. The van der Waals surface area contributed by atoms with E-state index in [4.69, 9.17) is 11.6 Å². The van der Waals surface area contributed by atoms with E-state index in [-0.39, 0.29) is 5.41 Å². The highest BCUT2D eigenvalue weighted by molar-refractivity contribution is 6.18. The van der Waals surface area contributed by atoms with Gasteiger partial charge in [0, 0.05) is 11.3 Å². The van der Waals surface area contributed by atoms with E-state index in [9.17, 15) is 0 Å². The monoisotopic (exact) mass is 184 g/mol. The zero-order valence-electron chi connectivity index (χ0n) is 8.59. The number of alkyl halides is 1. The van der Waals surface area contributed by atoms with Gasteiger partial charge in [-0.25, -0.2) is 0 Å². The standard InChI is InChI=1S/C11H17Cl/c1-7-8(2)10(4)11(5,6-12)9(7)3/h6H2,1-5H3. The van der Waals surface area contributed by atoms with Gasteiger partial charge >= 0.3 is 0 Å². The van der Waals surface area contributed by atoms with Gasteiger partial charge in [0.05, 0.1) is 0 Å². The number of rotatable bonds is 1. The molecule has 0 bridgehead atoms. The summed E-state index contributed by atoms with van der Waals surface area (Å²) < 4.78 is 0. The highest BCUT2D eigenvalue weighted by Crippen LogP contribution is 2.46. The van der Waals surface area contributed by atoms with Crippen LogP contribution >= 0.6 is 11.6 Å². The molecule has 0 N–H and O–H groups in total. The lowest BCUT2D eigenvalue weighted by Gasteiger charge is -2.26. The molecule has 0 amide bonds. The van der Waals surface area contributed by atoms with Crippen LogP contribution in [0, 0.1) is 5.41 Å². The first-order valence-corrected chi connectivity index (χ1v) is 4.91. The largest absolute Gasteiger partial charge is 0.125 e. The molecule has 0 nitrogen and oxygen atoms in total. The van der Waals surface area contributed by atoms with Crippen LogP contribution in [0.3, 0.4) is 0 Å². The average molecular weight is 185 g/mol. The molecule has 1 aliphatic rings. The Bertz CT molecular complexity index is 245. The summed E-state index contributed by atoms with van der Waals surface area (Å²) >= 11 is 6.00. The highest BCUT2D eigenvalue weighted by atomic mass is 35.5. The topological polar surface area (TPSA) is 0 Å². The molecular weight excluding hydrogens is 168 g/mol. The zero-order chi connectivity index (χ0) is 9.52. The molecule has 0 aromatic carbocycles. The van der Waals surface area contributed by atoms with Gasteiger partial charge in [-0.1, -0.05) is 18.1 Å². The molecule has 68 valence electrons. The van der Waals surface area contributed by atoms with Gasteiger partial charge in [0.2, 0.25) is 0 Å². The zero-order valence-corrected chi connectivity index (χ0v) is 9.34. The second kappa shape index (κ2) is 2.92. The predicted octanol–water partition coefficient (Wildman–Crippen LogP) is 3.92. The van der Waals surface area contributed by atoms with Crippen LogP contribution in [0.15, 0.2) is 22.3 Å². The van der Waals surface area contributed by atoms with Gasteiger partial charge in [-0.05, 0) is 38.8 Å². The fourth-order valence-corrected chi connectivity index (χ4v) is 2.27. The van der Waals surface area contributed by atoms with E-state index in [2.05, 4.69) is 34.6 Å². The first kappa shape index (κ1) is 9.85. The average Bonchev–Trinajstić information content (AvgIpc) is 2.22. The molecule has 1 heteroatoms. The minimum Gasteiger partial charge on any atom is -0.125 e. The highest BCUT2D eigenvalue weighted by Gasteiger charge is 2.34. The number of hydrogen-bond acceptors (Lipinski definition) is 0. The number of hydrogen-bond donors (Lipinski definition) is 0. The summed E-state index contributed by atoms with van der Waals surface area (Å²) in [5.74, 6) is 0.694. The van der Waals surface area contributed by atoms with Crippen molar-refractivity contribution in [3.05, 3.63) is 22.3 Å². The van der Waals surface area contributed by atoms with Gasteiger partial charge in [0.1, 0.15) is 0 Å². The fourth-order valence-electron chi connectivity index (χ4n) is 1.87. The molecule has 0 unspecified atom stereocenters. The summed E-state index contributed by atoms with van der Waals surface area (Å²) in [7, 11) is 0. The Hall–Kier alpha value is -0.230. The Kier molecular flexibility index (Phi) is 2.40. The molecule has 0 atom stereocenters. The summed E-state index contributed by atoms with van der Waals surface area (Å²) in [6.07, 6.45) is 0. The maximum absolute atomic E-state index is 6.00. The molecule has 0 aliphatic heterocycles. The van der Waals surface area contributed by atoms with Gasteiger partial charge in [0.15, 0.2) is 0 Å². The van der Waals surface area contributed by atoms with Crippen molar-refractivity contribution < 1.29 is 0 Å². The lowest BCUT2D eigenvalue weighted by molar-refractivity contribution is 0.555. The maximum Gasteiger partial charge on any atom is 0.0352 e. The predicted molar refractivity (Wildman–Crippen MR) is 55.6 cm³/mol. The van der Waals surface area contributed by atoms with Crippen molar-refractivity contribution in [2.24, 2.45) is 5.41 Å². The van der Waals surface area contributed by atoms with Crippen LogP contribution in [0.4, 0.5) is 0 Å². The molecule has 0 fully saturated rings. The second-order valence-electron chi connectivity index (χ2n) is 3.97. The van der Waals surface area contributed by atoms with Crippen molar-refractivity contribution in [3.8, 4) is 0 Å². The van der Waals surface area contributed by atoms with E-state index in [0.29, 0.717) is 5.88 Å². The van der Waals surface area contributed by atoms with E-state index in [0.717, 1.165) is 0 Å². The molecule has 0 heterocycles. The van der Waals surface area contributed by atoms with Crippen molar-refractivity contribution in [1.82, 2.24) is 0 Å². The molecule has 0 aromatic rings. The van der Waals surface area contributed by atoms with Crippen LogP contribution in [0.5, 0.6) is 0 Å². The third kappa shape index (κ3) is 1.05. The molecule has 1 rings (SSSR count). The number of halogens is 1. The Labute approximate surface area is 80.3 Å². The molecule has 0 spiro atoms. The molecule has 0 saturated heterocycles. The Morgan fingerprint density at radius 1 is 1.00 bits per heavy atom. The van der Waals surface area contributed by atoms with Gasteiger partial charge in [-0.15, -0.1) is 11.6 Å². The van der Waals surface area contributed by atoms with Crippen LogP contribution in [0.25, 0.3) is 0 Å². The van der Waals surface area contributed by atoms with E-state index >= 15 is 0 Å². The normalized spacial score (nSPS) is 22.5. The lowest BCUT2D eigenvalue weighted by Crippen LogP contribution is -2.19. The van der Waals surface area contributed by atoms with Crippen LogP contribution in [0.1, 0.15) is 34.6 Å². The van der Waals surface area contributed by atoms with E-state index < -0.39 is 0 Å². The van der Waals surface area contributed by atoms with E-state index in [1.54, 1.807) is 0 Å². The van der Waals surface area contributed by atoms with E-state index in [1.807, 2.05) is 0 Å². The Morgan fingerprint density at radius 2 is 1.33 bits per heavy atom. The quantitative estimate of drug-likeness (QED) is 0.542. The minimum atomic E-state index is 0.121. The molecule has 12 heavy (non-hydrogen) atoms. The van der Waals surface area contributed by atoms with Crippen molar-refractivity contribution in [1.29, 1.82) is 0 Å². The summed E-state index contributed by atoms with van der Waals surface area (Å²) in [5, 5.41) is 0. The van der Waals surface area contributed by atoms with Crippen LogP contribution in [-0.4, -0.2) is 5.88 Å². The summed E-state index contributed by atoms with van der Waals surface area (Å²) in [4.78, 5) is 0. The molecular formula is C11H17Cl. The lowest BCUT2D eigenvalue weighted by atomic mass is 9.81. The van der Waals surface area contributed by atoms with E-state index in [1.165, 1.54) is 22.3 Å². The summed E-state index contributed by atoms with van der Waals surface area (Å²) in [5.41, 5.74) is 5.85. The van der Waals surface area contributed by atoms with Crippen molar-refractivity contribution >= 4 is 11.6 Å². The fraction of sp³-hybridized carbons (Fsp3) is 0.636. The van der Waals surface area contributed by atoms with Gasteiger partial charge < -0.3 is 0 Å². The molecule has 0 aromatic heterocycles. The van der Waals surface area contributed by atoms with Crippen molar-refractivity contribution in [3.63, 3.8) is 0 Å². The van der Waals surface area contributed by atoms with Crippen LogP contribution in [-0.2, 0) is 0 Å². The van der Waals surface area contributed by atoms with Crippen molar-refractivity contribution in [2.75, 3.05) is 5.88 Å². The summed E-state index contributed by atoms with van der Waals surface area (Å²) in [6.45, 7) is 11.0. The Balaban J connectivity index is 3.25. The molecule has 1 aliphatic carbocycles. The first-order valence-electron chi connectivity index (χ1n) is 4.37. The third-order valence-corrected chi connectivity index (χ3v) is 4.14. The molecule has 0 saturated carbocycles. The maximum atomic E-state index is 6.00. The van der Waals surface area contributed by atoms with Crippen LogP contribution < -0.4 is 0 Å². The first-order chi connectivity index (χ1) is 5.45.